The number of hydrogen-bond donors (Lipinski definition) is 0. The van der Waals surface area contributed by atoms with Crippen LogP contribution < -0.4 is 5.56 Å². The molecule has 4 aromatic rings. The van der Waals surface area contributed by atoms with Crippen molar-refractivity contribution in [2.45, 2.75) is 20.1 Å². The predicted molar refractivity (Wildman–Crippen MR) is 116 cm³/mol. The molecule has 0 spiro atoms. The molecule has 31 heavy (non-hydrogen) atoms. The van der Waals surface area contributed by atoms with Gasteiger partial charge in [-0.3, -0.25) is 14.2 Å². The zero-order chi connectivity index (χ0) is 22.0. The lowest BCUT2D eigenvalue weighted by Crippen LogP contribution is -2.25. The van der Waals surface area contributed by atoms with Crippen molar-refractivity contribution < 1.29 is 23.5 Å². The molecule has 0 unspecified atom stereocenters. The van der Waals surface area contributed by atoms with Gasteiger partial charge in [-0.1, -0.05) is 28.1 Å². The Morgan fingerprint density at radius 1 is 1.13 bits per heavy atom. The van der Waals surface area contributed by atoms with Crippen molar-refractivity contribution in [2.24, 2.45) is 0 Å². The molecule has 2 heterocycles. The topological polar surface area (TPSA) is 101 Å². The van der Waals surface area contributed by atoms with Gasteiger partial charge in [0.15, 0.2) is 0 Å². The molecule has 0 saturated carbocycles. The Kier molecular flexibility index (Phi) is 5.85. The Labute approximate surface area is 184 Å². The summed E-state index contributed by atoms with van der Waals surface area (Å²) >= 11 is 3.38. The number of ether oxygens (including phenoxy) is 2. The van der Waals surface area contributed by atoms with E-state index in [-0.39, 0.29) is 31.1 Å². The number of carbonyl (C=O) groups excluding carboxylic acids is 2. The summed E-state index contributed by atoms with van der Waals surface area (Å²) in [5, 5.41) is 1.03. The molecular weight excluding hydrogens is 468 g/mol. The van der Waals surface area contributed by atoms with Crippen molar-refractivity contribution in [3.8, 4) is 0 Å². The monoisotopic (exact) mass is 484 g/mol. The number of rotatable bonds is 6. The van der Waals surface area contributed by atoms with E-state index in [1.807, 2.05) is 0 Å². The third kappa shape index (κ3) is 4.22. The Morgan fingerprint density at radius 2 is 1.94 bits per heavy atom. The summed E-state index contributed by atoms with van der Waals surface area (Å²) in [6, 6.07) is 12.1. The van der Waals surface area contributed by atoms with Crippen LogP contribution in [0.25, 0.3) is 21.9 Å². The molecule has 0 radical (unpaired) electrons. The molecule has 0 aliphatic heterocycles. The van der Waals surface area contributed by atoms with E-state index in [2.05, 4.69) is 20.9 Å². The van der Waals surface area contributed by atoms with Crippen LogP contribution in [0.15, 0.2) is 62.5 Å². The lowest BCUT2D eigenvalue weighted by atomic mass is 10.1. The highest BCUT2D eigenvalue weighted by atomic mass is 79.9. The Balaban J connectivity index is 1.57. The van der Waals surface area contributed by atoms with Crippen LogP contribution in [0, 0.1) is 0 Å². The van der Waals surface area contributed by atoms with E-state index in [0.717, 1.165) is 4.47 Å². The number of benzene rings is 2. The minimum absolute atomic E-state index is 0.0210. The van der Waals surface area contributed by atoms with Crippen molar-refractivity contribution in [3.63, 3.8) is 0 Å². The molecule has 0 bridgehead atoms. The highest BCUT2D eigenvalue weighted by molar-refractivity contribution is 9.10. The zero-order valence-corrected chi connectivity index (χ0v) is 18.0. The van der Waals surface area contributed by atoms with Crippen molar-refractivity contribution >= 4 is 49.7 Å². The van der Waals surface area contributed by atoms with Crippen molar-refractivity contribution in [1.29, 1.82) is 0 Å². The first-order valence-corrected chi connectivity index (χ1v) is 10.2. The summed E-state index contributed by atoms with van der Waals surface area (Å²) in [6.07, 6.45) is 1.31. The van der Waals surface area contributed by atoms with E-state index < -0.39 is 11.9 Å². The second-order valence-corrected chi connectivity index (χ2v) is 7.54. The third-order valence-electron chi connectivity index (χ3n) is 4.62. The number of carbonyl (C=O) groups is 2. The second kappa shape index (κ2) is 8.73. The molecule has 0 saturated heterocycles. The smallest absolute Gasteiger partial charge is 0.374 e. The molecule has 0 fully saturated rings. The molecular formula is C22H17BrN2O6. The van der Waals surface area contributed by atoms with Gasteiger partial charge >= 0.3 is 11.9 Å². The van der Waals surface area contributed by atoms with Gasteiger partial charge in [0, 0.05) is 9.86 Å². The van der Waals surface area contributed by atoms with Crippen LogP contribution in [-0.2, 0) is 27.4 Å². The van der Waals surface area contributed by atoms with Crippen LogP contribution in [0.3, 0.4) is 0 Å². The van der Waals surface area contributed by atoms with Gasteiger partial charge < -0.3 is 13.9 Å². The molecule has 158 valence electrons. The second-order valence-electron chi connectivity index (χ2n) is 6.63. The van der Waals surface area contributed by atoms with Gasteiger partial charge in [-0.25, -0.2) is 9.78 Å². The van der Waals surface area contributed by atoms with Gasteiger partial charge in [0.05, 0.1) is 29.4 Å². The first-order chi connectivity index (χ1) is 15.0. The molecule has 0 N–H and O–H groups in total. The Hall–Kier alpha value is -3.46. The maximum Gasteiger partial charge on any atom is 0.374 e. The quantitative estimate of drug-likeness (QED) is 0.383. The van der Waals surface area contributed by atoms with Crippen LogP contribution in [-0.4, -0.2) is 28.1 Å². The summed E-state index contributed by atoms with van der Waals surface area (Å²) in [5.74, 6) is -1.32. The number of aromatic nitrogens is 2. The summed E-state index contributed by atoms with van der Waals surface area (Å²) < 4.78 is 18.0. The molecule has 0 amide bonds. The first-order valence-electron chi connectivity index (χ1n) is 9.45. The molecule has 4 rings (SSSR count). The fourth-order valence-corrected chi connectivity index (χ4v) is 3.54. The van der Waals surface area contributed by atoms with E-state index in [4.69, 9.17) is 13.9 Å². The largest absolute Gasteiger partial charge is 0.460 e. The number of para-hydroxylation sites is 1. The minimum Gasteiger partial charge on any atom is -0.460 e. The standard InChI is InChI=1S/C22H17BrN2O6/c1-2-29-22(28)20-16(15-9-13(23)7-8-18(15)31-20)11-30-19(26)10-25-12-24-17-6-4-3-5-14(17)21(25)27/h3-9,12H,2,10-11H2,1H3. The molecule has 2 aromatic carbocycles. The fraction of sp³-hybridized carbons (Fsp3) is 0.182. The van der Waals surface area contributed by atoms with E-state index in [0.29, 0.717) is 27.4 Å². The number of esters is 2. The normalized spacial score (nSPS) is 11.0. The predicted octanol–water partition coefficient (Wildman–Crippen LogP) is 3.83. The molecule has 0 aliphatic rings. The molecule has 8 nitrogen and oxygen atoms in total. The van der Waals surface area contributed by atoms with Gasteiger partial charge in [0.2, 0.25) is 5.76 Å². The molecule has 2 aromatic heterocycles. The molecule has 0 aliphatic carbocycles. The Bertz CT molecular complexity index is 1360. The van der Waals surface area contributed by atoms with E-state index in [1.165, 1.54) is 10.9 Å². The SMILES string of the molecule is CCOC(=O)c1oc2ccc(Br)cc2c1COC(=O)Cn1cnc2ccccc2c1=O. The van der Waals surface area contributed by atoms with Gasteiger partial charge in [-0.15, -0.1) is 0 Å². The lowest BCUT2D eigenvalue weighted by molar-refractivity contribution is -0.145. The number of halogens is 1. The van der Waals surface area contributed by atoms with E-state index >= 15 is 0 Å². The number of nitrogens with zero attached hydrogens (tertiary/aromatic N) is 2. The van der Waals surface area contributed by atoms with Crippen LogP contribution in [0.4, 0.5) is 0 Å². The number of fused-ring (bicyclic) bond motifs is 2. The first kappa shape index (κ1) is 20.8. The maximum atomic E-state index is 12.6. The van der Waals surface area contributed by atoms with Crippen LogP contribution >= 0.6 is 15.9 Å². The fourth-order valence-electron chi connectivity index (χ4n) is 3.18. The number of hydrogen-bond acceptors (Lipinski definition) is 7. The molecule has 9 heteroatoms. The highest BCUT2D eigenvalue weighted by Gasteiger charge is 2.23. The van der Waals surface area contributed by atoms with Crippen LogP contribution in [0.2, 0.25) is 0 Å². The van der Waals surface area contributed by atoms with Gasteiger partial charge in [-0.2, -0.15) is 0 Å². The minimum atomic E-state index is -0.654. The number of furan rings is 1. The van der Waals surface area contributed by atoms with E-state index in [9.17, 15) is 14.4 Å². The summed E-state index contributed by atoms with van der Waals surface area (Å²) in [5.41, 5.74) is 1.07. The maximum absolute atomic E-state index is 12.6. The van der Waals surface area contributed by atoms with Crippen LogP contribution in [0.5, 0.6) is 0 Å². The van der Waals surface area contributed by atoms with E-state index in [1.54, 1.807) is 49.4 Å². The Morgan fingerprint density at radius 3 is 2.74 bits per heavy atom. The average molecular weight is 485 g/mol. The van der Waals surface area contributed by atoms with Crippen LogP contribution in [0.1, 0.15) is 23.0 Å². The summed E-state index contributed by atoms with van der Waals surface area (Å²) in [4.78, 5) is 41.5. The van der Waals surface area contributed by atoms with Crippen molar-refractivity contribution in [3.05, 3.63) is 74.9 Å². The third-order valence-corrected chi connectivity index (χ3v) is 5.12. The highest BCUT2D eigenvalue weighted by Crippen LogP contribution is 2.30. The summed E-state index contributed by atoms with van der Waals surface area (Å²) in [7, 11) is 0. The van der Waals surface area contributed by atoms with Gasteiger partial charge in [0.1, 0.15) is 18.7 Å². The average Bonchev–Trinajstić information content (AvgIpc) is 3.12. The van der Waals surface area contributed by atoms with Crippen molar-refractivity contribution in [1.82, 2.24) is 9.55 Å². The van der Waals surface area contributed by atoms with Crippen molar-refractivity contribution in [2.75, 3.05) is 6.61 Å². The molecule has 0 atom stereocenters. The zero-order valence-electron chi connectivity index (χ0n) is 16.5. The summed E-state index contributed by atoms with van der Waals surface area (Å²) in [6.45, 7) is 1.33. The van der Waals surface area contributed by atoms with Gasteiger partial charge in [-0.05, 0) is 37.3 Å². The van der Waals surface area contributed by atoms with Gasteiger partial charge in [0.25, 0.3) is 5.56 Å². The lowest BCUT2D eigenvalue weighted by Gasteiger charge is -2.08.